The van der Waals surface area contributed by atoms with Crippen LogP contribution in [0.1, 0.15) is 16.9 Å². The fourth-order valence-corrected chi connectivity index (χ4v) is 4.79. The standard InChI is InChI=1S/C20H19ClN2O3S2/c1-14-7-8-15(22-20(24)12-10-16-9-11-19(21)27-16)13-18(14)23-28(25,26)17-5-3-2-4-6-17/h2-9,11,13,23H,10,12H2,1H3,(H,22,24). The van der Waals surface area contributed by atoms with Crippen LogP contribution < -0.4 is 10.0 Å². The van der Waals surface area contributed by atoms with Gasteiger partial charge >= 0.3 is 0 Å². The van der Waals surface area contributed by atoms with E-state index in [1.807, 2.05) is 12.1 Å². The SMILES string of the molecule is Cc1ccc(NC(=O)CCc2ccc(Cl)s2)cc1NS(=O)(=O)c1ccccc1. The van der Waals surface area contributed by atoms with Crippen LogP contribution >= 0.6 is 22.9 Å². The molecule has 0 spiro atoms. The summed E-state index contributed by atoms with van der Waals surface area (Å²) in [6.45, 7) is 1.80. The molecule has 0 atom stereocenters. The summed E-state index contributed by atoms with van der Waals surface area (Å²) in [6.07, 6.45) is 0.915. The fraction of sp³-hybridized carbons (Fsp3) is 0.150. The maximum atomic E-state index is 12.5. The Bertz CT molecular complexity index is 1080. The van der Waals surface area contributed by atoms with E-state index in [-0.39, 0.29) is 10.8 Å². The van der Waals surface area contributed by atoms with Crippen LogP contribution in [-0.2, 0) is 21.2 Å². The van der Waals surface area contributed by atoms with Crippen molar-refractivity contribution >= 4 is 50.2 Å². The number of nitrogens with one attached hydrogen (secondary N) is 2. The highest BCUT2D eigenvalue weighted by Gasteiger charge is 2.15. The van der Waals surface area contributed by atoms with Gasteiger partial charge in [0.2, 0.25) is 5.91 Å². The highest BCUT2D eigenvalue weighted by atomic mass is 35.5. The number of carbonyl (C=O) groups excluding carboxylic acids is 1. The number of halogens is 1. The lowest BCUT2D eigenvalue weighted by Crippen LogP contribution is -2.15. The predicted octanol–water partition coefficient (Wildman–Crippen LogP) is 5.08. The van der Waals surface area contributed by atoms with E-state index in [0.717, 1.165) is 10.4 Å². The van der Waals surface area contributed by atoms with Gasteiger partial charge in [-0.15, -0.1) is 11.3 Å². The molecule has 0 bridgehead atoms. The molecule has 0 saturated heterocycles. The molecule has 2 N–H and O–H groups in total. The summed E-state index contributed by atoms with van der Waals surface area (Å²) in [6, 6.07) is 17.0. The zero-order chi connectivity index (χ0) is 20.1. The van der Waals surface area contributed by atoms with E-state index >= 15 is 0 Å². The number of amides is 1. The van der Waals surface area contributed by atoms with Crippen molar-refractivity contribution in [3.8, 4) is 0 Å². The van der Waals surface area contributed by atoms with Crippen molar-refractivity contribution in [1.29, 1.82) is 0 Å². The van der Waals surface area contributed by atoms with Gasteiger partial charge in [0.15, 0.2) is 0 Å². The molecule has 3 aromatic rings. The predicted molar refractivity (Wildman–Crippen MR) is 115 cm³/mol. The number of hydrogen-bond acceptors (Lipinski definition) is 4. The molecule has 0 unspecified atom stereocenters. The average Bonchev–Trinajstić information content (AvgIpc) is 3.09. The van der Waals surface area contributed by atoms with Crippen LogP contribution in [0.4, 0.5) is 11.4 Å². The Kier molecular flexibility index (Phi) is 6.39. The maximum absolute atomic E-state index is 12.5. The maximum Gasteiger partial charge on any atom is 0.261 e. The van der Waals surface area contributed by atoms with Crippen molar-refractivity contribution < 1.29 is 13.2 Å². The summed E-state index contributed by atoms with van der Waals surface area (Å²) in [5, 5.41) is 2.81. The van der Waals surface area contributed by atoms with E-state index in [2.05, 4.69) is 10.0 Å². The van der Waals surface area contributed by atoms with Crippen molar-refractivity contribution in [2.24, 2.45) is 0 Å². The number of hydrogen-bond donors (Lipinski definition) is 2. The summed E-state index contributed by atoms with van der Waals surface area (Å²) < 4.78 is 28.4. The Balaban J connectivity index is 1.68. The fourth-order valence-electron chi connectivity index (χ4n) is 2.56. The minimum absolute atomic E-state index is 0.148. The number of sulfonamides is 1. The third-order valence-electron chi connectivity index (χ3n) is 4.05. The molecular formula is C20H19ClN2O3S2. The largest absolute Gasteiger partial charge is 0.326 e. The summed E-state index contributed by atoms with van der Waals surface area (Å²) in [5.74, 6) is -0.148. The van der Waals surface area contributed by atoms with Gasteiger partial charge in [0.05, 0.1) is 14.9 Å². The van der Waals surface area contributed by atoms with Crippen LogP contribution in [0.15, 0.2) is 65.6 Å². The molecule has 0 aliphatic heterocycles. The Morgan fingerprint density at radius 1 is 1.07 bits per heavy atom. The first-order valence-electron chi connectivity index (χ1n) is 8.56. The molecule has 28 heavy (non-hydrogen) atoms. The lowest BCUT2D eigenvalue weighted by atomic mass is 10.2. The molecule has 2 aromatic carbocycles. The molecule has 0 fully saturated rings. The van der Waals surface area contributed by atoms with Gasteiger partial charge in [0.1, 0.15) is 0 Å². The number of benzene rings is 2. The lowest BCUT2D eigenvalue weighted by molar-refractivity contribution is -0.116. The Labute approximate surface area is 173 Å². The van der Waals surface area contributed by atoms with Crippen LogP contribution in [0.5, 0.6) is 0 Å². The van der Waals surface area contributed by atoms with E-state index in [4.69, 9.17) is 11.6 Å². The van der Waals surface area contributed by atoms with E-state index in [1.165, 1.54) is 23.5 Å². The van der Waals surface area contributed by atoms with Crippen molar-refractivity contribution in [3.05, 3.63) is 75.4 Å². The first-order valence-corrected chi connectivity index (χ1v) is 11.2. The van der Waals surface area contributed by atoms with Gasteiger partial charge in [0, 0.05) is 17.0 Å². The summed E-state index contributed by atoms with van der Waals surface area (Å²) in [7, 11) is -3.70. The van der Waals surface area contributed by atoms with Crippen molar-refractivity contribution in [2.45, 2.75) is 24.7 Å². The van der Waals surface area contributed by atoms with Crippen molar-refractivity contribution in [2.75, 3.05) is 10.0 Å². The monoisotopic (exact) mass is 434 g/mol. The number of aryl methyl sites for hydroxylation is 2. The molecule has 3 rings (SSSR count). The Morgan fingerprint density at radius 3 is 2.50 bits per heavy atom. The van der Waals surface area contributed by atoms with Gasteiger partial charge in [-0.05, 0) is 55.3 Å². The van der Waals surface area contributed by atoms with E-state index < -0.39 is 10.0 Å². The first kappa shape index (κ1) is 20.4. The van der Waals surface area contributed by atoms with Gasteiger partial charge in [-0.2, -0.15) is 0 Å². The summed E-state index contributed by atoms with van der Waals surface area (Å²) >= 11 is 7.35. The second kappa shape index (κ2) is 8.77. The summed E-state index contributed by atoms with van der Waals surface area (Å²) in [4.78, 5) is 13.4. The van der Waals surface area contributed by atoms with Crippen LogP contribution in [0.25, 0.3) is 0 Å². The van der Waals surface area contributed by atoms with E-state index in [1.54, 1.807) is 43.3 Å². The van der Waals surface area contributed by atoms with Crippen molar-refractivity contribution in [1.82, 2.24) is 0 Å². The molecule has 0 radical (unpaired) electrons. The van der Waals surface area contributed by atoms with Crippen LogP contribution in [0.2, 0.25) is 4.34 Å². The topological polar surface area (TPSA) is 75.3 Å². The molecule has 5 nitrogen and oxygen atoms in total. The van der Waals surface area contributed by atoms with Gasteiger partial charge in [-0.25, -0.2) is 8.42 Å². The van der Waals surface area contributed by atoms with Crippen LogP contribution in [-0.4, -0.2) is 14.3 Å². The minimum atomic E-state index is -3.70. The van der Waals surface area contributed by atoms with Crippen LogP contribution in [0, 0.1) is 6.92 Å². The van der Waals surface area contributed by atoms with Gasteiger partial charge in [0.25, 0.3) is 10.0 Å². The third kappa shape index (κ3) is 5.34. The normalized spacial score (nSPS) is 11.2. The van der Waals surface area contributed by atoms with Gasteiger partial charge in [-0.1, -0.05) is 35.9 Å². The third-order valence-corrected chi connectivity index (χ3v) is 6.72. The zero-order valence-electron chi connectivity index (χ0n) is 15.1. The lowest BCUT2D eigenvalue weighted by Gasteiger charge is -2.13. The smallest absolute Gasteiger partial charge is 0.261 e. The molecule has 0 aliphatic rings. The molecule has 146 valence electrons. The Hall–Kier alpha value is -2.35. The summed E-state index contributed by atoms with van der Waals surface area (Å²) in [5.41, 5.74) is 1.71. The van der Waals surface area contributed by atoms with E-state index in [0.29, 0.717) is 28.6 Å². The van der Waals surface area contributed by atoms with Crippen LogP contribution in [0.3, 0.4) is 0 Å². The highest BCUT2D eigenvalue weighted by Crippen LogP contribution is 2.25. The number of thiophene rings is 1. The molecule has 1 heterocycles. The zero-order valence-corrected chi connectivity index (χ0v) is 17.5. The van der Waals surface area contributed by atoms with Gasteiger partial charge < -0.3 is 5.32 Å². The van der Waals surface area contributed by atoms with Gasteiger partial charge in [-0.3, -0.25) is 9.52 Å². The molecule has 8 heteroatoms. The second-order valence-corrected chi connectivity index (χ2v) is 9.68. The second-order valence-electron chi connectivity index (χ2n) is 6.20. The minimum Gasteiger partial charge on any atom is -0.326 e. The highest BCUT2D eigenvalue weighted by molar-refractivity contribution is 7.92. The molecular weight excluding hydrogens is 416 g/mol. The first-order chi connectivity index (χ1) is 13.3. The molecule has 0 aliphatic carbocycles. The van der Waals surface area contributed by atoms with Crippen molar-refractivity contribution in [3.63, 3.8) is 0 Å². The molecule has 0 saturated carbocycles. The Morgan fingerprint density at radius 2 is 1.82 bits per heavy atom. The molecule has 1 amide bonds. The van der Waals surface area contributed by atoms with E-state index in [9.17, 15) is 13.2 Å². The average molecular weight is 435 g/mol. The quantitative estimate of drug-likeness (QED) is 0.544. The number of carbonyl (C=O) groups is 1. The number of rotatable bonds is 7. The molecule has 1 aromatic heterocycles. The number of anilines is 2.